The molecular weight excluding hydrogens is 389 g/mol. The van der Waals surface area contributed by atoms with Crippen LogP contribution in [0.25, 0.3) is 0 Å². The summed E-state index contributed by atoms with van der Waals surface area (Å²) in [7, 11) is 6.56. The molecule has 4 radical (unpaired) electrons. The molecule has 2 fully saturated rings. The second-order valence-corrected chi connectivity index (χ2v) is 8.68. The zero-order valence-electron chi connectivity index (χ0n) is 16.5. The Bertz CT molecular complexity index is 576. The molecule has 0 aliphatic carbocycles. The van der Waals surface area contributed by atoms with Gasteiger partial charge >= 0.3 is 0 Å². The molecule has 0 aromatic carbocycles. The minimum Gasteiger partial charge on any atom is -0.756 e. The molecular formula is C16H26B2O9P-. The maximum Gasteiger partial charge on any atom is 0.268 e. The van der Waals surface area contributed by atoms with Crippen LogP contribution in [-0.2, 0) is 37.4 Å². The SMILES string of the molecule is [B][C@@H]1O[C@H](COP(=O)([O-])O[C@@H]2C[C@H]([B])O[C@@H]2COC(C)C)[C@H](OC(C)C)C1=O. The first kappa shape index (κ1) is 24.0. The average Bonchev–Trinajstić information content (AvgIpc) is 3.04. The lowest BCUT2D eigenvalue weighted by Gasteiger charge is -2.30. The van der Waals surface area contributed by atoms with Crippen LogP contribution >= 0.6 is 7.82 Å². The highest BCUT2D eigenvalue weighted by atomic mass is 31.2. The molecule has 156 valence electrons. The second-order valence-electron chi connectivity index (χ2n) is 7.32. The summed E-state index contributed by atoms with van der Waals surface area (Å²) in [5.74, 6) is -0.468. The van der Waals surface area contributed by atoms with E-state index in [1.165, 1.54) is 0 Å². The normalized spacial score (nSPS) is 35.8. The number of carbonyl (C=O) groups is 1. The van der Waals surface area contributed by atoms with Crippen LogP contribution in [0.4, 0.5) is 0 Å². The van der Waals surface area contributed by atoms with E-state index in [1.54, 1.807) is 13.8 Å². The van der Waals surface area contributed by atoms with Crippen LogP contribution in [0.15, 0.2) is 0 Å². The van der Waals surface area contributed by atoms with Gasteiger partial charge in [0, 0.05) is 6.00 Å². The van der Waals surface area contributed by atoms with Crippen molar-refractivity contribution in [1.82, 2.24) is 0 Å². The van der Waals surface area contributed by atoms with Gasteiger partial charge in [0.25, 0.3) is 7.82 Å². The quantitative estimate of drug-likeness (QED) is 0.354. The van der Waals surface area contributed by atoms with Crippen molar-refractivity contribution in [1.29, 1.82) is 0 Å². The molecule has 0 N–H and O–H groups in total. The molecule has 2 aliphatic heterocycles. The van der Waals surface area contributed by atoms with Gasteiger partial charge in [-0.2, -0.15) is 0 Å². The van der Waals surface area contributed by atoms with Gasteiger partial charge in [-0.15, -0.1) is 0 Å². The predicted octanol–water partition coefficient (Wildman–Crippen LogP) is -0.179. The highest BCUT2D eigenvalue weighted by Gasteiger charge is 2.43. The Balaban J connectivity index is 1.91. The molecule has 12 heteroatoms. The lowest BCUT2D eigenvalue weighted by atomic mass is 9.94. The topological polar surface area (TPSA) is 113 Å². The molecule has 28 heavy (non-hydrogen) atoms. The maximum atomic E-state index is 12.3. The van der Waals surface area contributed by atoms with Crippen molar-refractivity contribution in [3.63, 3.8) is 0 Å². The van der Waals surface area contributed by atoms with Gasteiger partial charge in [-0.25, -0.2) is 0 Å². The largest absolute Gasteiger partial charge is 0.756 e. The van der Waals surface area contributed by atoms with Gasteiger partial charge in [-0.1, -0.05) is 0 Å². The molecule has 0 amide bonds. The van der Waals surface area contributed by atoms with E-state index in [9.17, 15) is 14.3 Å². The Labute approximate surface area is 168 Å². The Hall–Kier alpha value is -0.250. The fraction of sp³-hybridized carbons (Fsp3) is 0.938. The minimum absolute atomic E-state index is 0.0597. The first-order valence-corrected chi connectivity index (χ1v) is 10.7. The summed E-state index contributed by atoms with van der Waals surface area (Å²) in [6, 6.07) is -1.86. The van der Waals surface area contributed by atoms with E-state index in [4.69, 9.17) is 43.7 Å². The number of ketones is 1. The van der Waals surface area contributed by atoms with Crippen LogP contribution in [0.5, 0.6) is 0 Å². The lowest BCUT2D eigenvalue weighted by Crippen LogP contribution is -2.36. The number of rotatable bonds is 10. The van der Waals surface area contributed by atoms with E-state index in [2.05, 4.69) is 0 Å². The number of hydrogen-bond donors (Lipinski definition) is 0. The molecule has 2 aliphatic rings. The van der Waals surface area contributed by atoms with Crippen LogP contribution in [0.1, 0.15) is 34.1 Å². The number of ether oxygens (including phenoxy) is 4. The smallest absolute Gasteiger partial charge is 0.268 e. The van der Waals surface area contributed by atoms with Crippen molar-refractivity contribution >= 4 is 29.3 Å². The lowest BCUT2D eigenvalue weighted by molar-refractivity contribution is -0.234. The molecule has 2 rings (SSSR count). The van der Waals surface area contributed by atoms with Crippen molar-refractivity contribution in [2.45, 2.75) is 82.7 Å². The molecule has 9 nitrogen and oxygen atoms in total. The van der Waals surface area contributed by atoms with E-state index < -0.39 is 56.6 Å². The van der Waals surface area contributed by atoms with Gasteiger partial charge in [0.2, 0.25) is 0 Å². The Kier molecular flexibility index (Phi) is 8.73. The molecule has 0 aromatic heterocycles. The van der Waals surface area contributed by atoms with Crippen LogP contribution in [-0.4, -0.2) is 83.3 Å². The fourth-order valence-electron chi connectivity index (χ4n) is 2.90. The van der Waals surface area contributed by atoms with E-state index in [0.717, 1.165) is 0 Å². The first-order valence-electron chi connectivity index (χ1n) is 9.25. The zero-order valence-corrected chi connectivity index (χ0v) is 17.4. The molecule has 2 heterocycles. The highest BCUT2D eigenvalue weighted by molar-refractivity contribution is 7.45. The molecule has 0 spiro atoms. The summed E-state index contributed by atoms with van der Waals surface area (Å²) in [6.45, 7) is 6.82. The third-order valence-corrected chi connectivity index (χ3v) is 5.12. The van der Waals surface area contributed by atoms with Crippen molar-refractivity contribution in [3.05, 3.63) is 0 Å². The maximum absolute atomic E-state index is 12.3. The zero-order chi connectivity index (χ0) is 21.1. The summed E-state index contributed by atoms with van der Waals surface area (Å²) >= 11 is 0. The standard InChI is InChI=1S/C16H27B2O9P/c1-8(2)22-6-11-10(5-13(17)25-11)27-28(20,21)23-7-12-15(24-9(3)4)14(19)16(18)26-12/h8-13,15-16H,5-7H2,1-4H3,(H,20,21)/p-1/t10-,11-,12-,13-,15+,16-/m1/s1. The van der Waals surface area contributed by atoms with Crippen molar-refractivity contribution in [2.75, 3.05) is 13.2 Å². The van der Waals surface area contributed by atoms with Gasteiger partial charge in [0.1, 0.15) is 34.0 Å². The van der Waals surface area contributed by atoms with Gasteiger partial charge in [-0.3, -0.25) is 9.36 Å². The van der Waals surface area contributed by atoms with Gasteiger partial charge in [-0.05, 0) is 34.1 Å². The minimum atomic E-state index is -4.73. The first-order chi connectivity index (χ1) is 13.0. The summed E-state index contributed by atoms with van der Waals surface area (Å²) < 4.78 is 43.9. The van der Waals surface area contributed by atoms with Crippen LogP contribution in [0.2, 0.25) is 0 Å². The average molecular weight is 415 g/mol. The van der Waals surface area contributed by atoms with E-state index >= 15 is 0 Å². The number of phosphoric ester groups is 1. The molecule has 7 atom stereocenters. The summed E-state index contributed by atoms with van der Waals surface area (Å²) in [5, 5.41) is 0. The van der Waals surface area contributed by atoms with Crippen molar-refractivity contribution in [3.8, 4) is 0 Å². The summed E-state index contributed by atoms with van der Waals surface area (Å²) in [4.78, 5) is 24.3. The Morgan fingerprint density at radius 3 is 2.43 bits per heavy atom. The van der Waals surface area contributed by atoms with E-state index in [1.807, 2.05) is 13.8 Å². The molecule has 2 saturated heterocycles. The number of hydrogen-bond acceptors (Lipinski definition) is 9. The molecule has 1 unspecified atom stereocenters. The predicted molar refractivity (Wildman–Crippen MR) is 98.0 cm³/mol. The monoisotopic (exact) mass is 415 g/mol. The molecule has 0 saturated carbocycles. The van der Waals surface area contributed by atoms with E-state index in [0.29, 0.717) is 0 Å². The summed E-state index contributed by atoms with van der Waals surface area (Å²) in [5.41, 5.74) is 0. The number of carbonyl (C=O) groups excluding carboxylic acids is 1. The third-order valence-electron chi connectivity index (χ3n) is 4.12. The molecule has 0 aromatic rings. The highest BCUT2D eigenvalue weighted by Crippen LogP contribution is 2.44. The van der Waals surface area contributed by atoms with Crippen LogP contribution in [0, 0.1) is 0 Å². The van der Waals surface area contributed by atoms with Gasteiger partial charge in [0.05, 0.1) is 37.5 Å². The summed E-state index contributed by atoms with van der Waals surface area (Å²) in [6.07, 6.45) is -3.62. The number of phosphoric acid groups is 1. The third kappa shape index (κ3) is 6.92. The Morgan fingerprint density at radius 2 is 1.82 bits per heavy atom. The molecule has 0 bridgehead atoms. The number of Topliss-reactive ketones (excluding diaryl/α,β-unsaturated/α-hetero) is 1. The second kappa shape index (κ2) is 10.2. The van der Waals surface area contributed by atoms with Crippen molar-refractivity contribution in [2.24, 2.45) is 0 Å². The van der Waals surface area contributed by atoms with Crippen LogP contribution in [0.3, 0.4) is 0 Å². The van der Waals surface area contributed by atoms with Crippen LogP contribution < -0.4 is 4.89 Å². The van der Waals surface area contributed by atoms with Gasteiger partial charge < -0.3 is 32.9 Å². The van der Waals surface area contributed by atoms with E-state index in [-0.39, 0.29) is 25.2 Å². The van der Waals surface area contributed by atoms with Crippen molar-refractivity contribution < 1.29 is 42.2 Å². The fourth-order valence-corrected chi connectivity index (χ4v) is 3.84. The van der Waals surface area contributed by atoms with Gasteiger partial charge in [0.15, 0.2) is 5.78 Å². The Morgan fingerprint density at radius 1 is 1.14 bits per heavy atom.